The quantitative estimate of drug-likeness (QED) is 0.701. The zero-order valence-electron chi connectivity index (χ0n) is 11.4. The number of nitrogens with zero attached hydrogens (tertiary/aromatic N) is 1. The highest BCUT2D eigenvalue weighted by Crippen LogP contribution is 2.28. The van der Waals surface area contributed by atoms with Gasteiger partial charge in [0.1, 0.15) is 5.82 Å². The highest BCUT2D eigenvalue weighted by Gasteiger charge is 2.34. The van der Waals surface area contributed by atoms with Crippen LogP contribution in [0.15, 0.2) is 42.5 Å². The van der Waals surface area contributed by atoms with Crippen molar-refractivity contribution in [1.82, 2.24) is 9.97 Å². The van der Waals surface area contributed by atoms with Gasteiger partial charge in [-0.05, 0) is 42.5 Å². The van der Waals surface area contributed by atoms with Gasteiger partial charge in [0.2, 0.25) is 5.82 Å². The first-order valence-corrected chi connectivity index (χ1v) is 6.47. The van der Waals surface area contributed by atoms with E-state index in [0.717, 1.165) is 0 Å². The van der Waals surface area contributed by atoms with E-state index in [2.05, 4.69) is 15.3 Å². The van der Waals surface area contributed by atoms with Crippen LogP contribution in [-0.2, 0) is 6.18 Å². The maximum absolute atomic E-state index is 12.8. The number of nitrogens with one attached hydrogen (secondary N) is 2. The van der Waals surface area contributed by atoms with Crippen molar-refractivity contribution in [2.75, 3.05) is 5.32 Å². The lowest BCUT2D eigenvalue weighted by molar-refractivity contribution is -0.144. The number of fused-ring (bicyclic) bond motifs is 1. The zero-order valence-corrected chi connectivity index (χ0v) is 11.4. The third-order valence-electron chi connectivity index (χ3n) is 3.11. The Balaban J connectivity index is 1.87. The van der Waals surface area contributed by atoms with E-state index < -0.39 is 23.7 Å². The molecule has 0 aliphatic rings. The van der Waals surface area contributed by atoms with Crippen LogP contribution >= 0.6 is 0 Å². The second-order valence-corrected chi connectivity index (χ2v) is 4.78. The Bertz CT molecular complexity index is 869. The molecule has 23 heavy (non-hydrogen) atoms. The molecule has 1 amide bonds. The standard InChI is InChI=1S/C15H9F4N3O/c16-9-2-4-10(5-3-9)20-13(23)8-1-6-11-12(7-8)22-14(21-11)15(17,18)19/h1-7H,(H,20,23)(H,21,22). The number of imidazole rings is 1. The lowest BCUT2D eigenvalue weighted by Crippen LogP contribution is -2.11. The lowest BCUT2D eigenvalue weighted by Gasteiger charge is -2.05. The number of aromatic amines is 1. The fraction of sp³-hybridized carbons (Fsp3) is 0.0667. The first-order valence-electron chi connectivity index (χ1n) is 6.47. The summed E-state index contributed by atoms with van der Waals surface area (Å²) in [5, 5.41) is 2.53. The topological polar surface area (TPSA) is 57.8 Å². The molecular weight excluding hydrogens is 314 g/mol. The number of hydrogen-bond acceptors (Lipinski definition) is 2. The normalized spacial score (nSPS) is 11.7. The van der Waals surface area contributed by atoms with Crippen LogP contribution in [0.2, 0.25) is 0 Å². The second-order valence-electron chi connectivity index (χ2n) is 4.78. The predicted octanol–water partition coefficient (Wildman–Crippen LogP) is 3.97. The summed E-state index contributed by atoms with van der Waals surface area (Å²) in [4.78, 5) is 17.6. The molecule has 0 bridgehead atoms. The molecule has 0 fully saturated rings. The van der Waals surface area contributed by atoms with E-state index in [1.807, 2.05) is 0 Å². The van der Waals surface area contributed by atoms with Crippen LogP contribution in [0.5, 0.6) is 0 Å². The number of hydrogen-bond donors (Lipinski definition) is 2. The number of carbonyl (C=O) groups excluding carboxylic acids is 1. The first kappa shape index (κ1) is 15.0. The minimum Gasteiger partial charge on any atom is -0.334 e. The van der Waals surface area contributed by atoms with Gasteiger partial charge in [0.05, 0.1) is 11.0 Å². The summed E-state index contributed by atoms with van der Waals surface area (Å²) in [6.45, 7) is 0. The smallest absolute Gasteiger partial charge is 0.334 e. The average molecular weight is 323 g/mol. The van der Waals surface area contributed by atoms with Crippen molar-refractivity contribution >= 4 is 22.6 Å². The third-order valence-corrected chi connectivity index (χ3v) is 3.11. The van der Waals surface area contributed by atoms with Crippen LogP contribution < -0.4 is 5.32 Å². The molecule has 8 heteroatoms. The maximum Gasteiger partial charge on any atom is 0.449 e. The zero-order chi connectivity index (χ0) is 16.6. The molecule has 0 aliphatic heterocycles. The van der Waals surface area contributed by atoms with Crippen molar-refractivity contribution in [3.05, 3.63) is 59.7 Å². The van der Waals surface area contributed by atoms with Crippen LogP contribution in [-0.4, -0.2) is 15.9 Å². The molecule has 1 heterocycles. The van der Waals surface area contributed by atoms with Crippen molar-refractivity contribution in [2.24, 2.45) is 0 Å². The molecule has 118 valence electrons. The molecule has 0 spiro atoms. The van der Waals surface area contributed by atoms with Crippen LogP contribution in [0.25, 0.3) is 11.0 Å². The highest BCUT2D eigenvalue weighted by molar-refractivity contribution is 6.05. The largest absolute Gasteiger partial charge is 0.449 e. The highest BCUT2D eigenvalue weighted by atomic mass is 19.4. The molecule has 2 aromatic carbocycles. The molecule has 2 N–H and O–H groups in total. The van der Waals surface area contributed by atoms with Gasteiger partial charge >= 0.3 is 6.18 Å². The number of halogens is 4. The van der Waals surface area contributed by atoms with E-state index in [1.54, 1.807) is 0 Å². The van der Waals surface area contributed by atoms with E-state index in [1.165, 1.54) is 42.5 Å². The molecular formula is C15H9F4N3O. The summed E-state index contributed by atoms with van der Waals surface area (Å²) in [7, 11) is 0. The van der Waals surface area contributed by atoms with E-state index in [9.17, 15) is 22.4 Å². The van der Waals surface area contributed by atoms with Gasteiger partial charge in [-0.25, -0.2) is 9.37 Å². The number of amides is 1. The molecule has 1 aromatic heterocycles. The number of H-pyrrole nitrogens is 1. The number of aromatic nitrogens is 2. The van der Waals surface area contributed by atoms with Gasteiger partial charge in [-0.1, -0.05) is 0 Å². The van der Waals surface area contributed by atoms with Gasteiger partial charge in [-0.15, -0.1) is 0 Å². The number of benzene rings is 2. The Labute approximate surface area is 127 Å². The molecule has 3 aromatic rings. The number of carbonyl (C=O) groups is 1. The predicted molar refractivity (Wildman–Crippen MR) is 75.4 cm³/mol. The Hall–Kier alpha value is -2.90. The van der Waals surface area contributed by atoms with Crippen LogP contribution in [0.3, 0.4) is 0 Å². The van der Waals surface area contributed by atoms with E-state index in [-0.39, 0.29) is 16.6 Å². The Kier molecular flexibility index (Phi) is 3.51. The van der Waals surface area contributed by atoms with Crippen molar-refractivity contribution in [2.45, 2.75) is 6.18 Å². The van der Waals surface area contributed by atoms with Gasteiger partial charge < -0.3 is 10.3 Å². The Morgan fingerprint density at radius 3 is 2.43 bits per heavy atom. The number of alkyl halides is 3. The molecule has 0 saturated heterocycles. The fourth-order valence-corrected chi connectivity index (χ4v) is 2.02. The summed E-state index contributed by atoms with van der Waals surface area (Å²) < 4.78 is 50.6. The number of rotatable bonds is 2. The van der Waals surface area contributed by atoms with E-state index in [4.69, 9.17) is 0 Å². The second kappa shape index (κ2) is 5.38. The molecule has 3 rings (SSSR count). The molecule has 0 atom stereocenters. The minimum atomic E-state index is -4.59. The molecule has 0 aliphatic carbocycles. The summed E-state index contributed by atoms with van der Waals surface area (Å²) >= 11 is 0. The van der Waals surface area contributed by atoms with Gasteiger partial charge in [0.15, 0.2) is 0 Å². The molecule has 4 nitrogen and oxygen atoms in total. The third kappa shape index (κ3) is 3.15. The first-order chi connectivity index (χ1) is 10.8. The van der Waals surface area contributed by atoms with Crippen molar-refractivity contribution in [3.63, 3.8) is 0 Å². The van der Waals surface area contributed by atoms with E-state index >= 15 is 0 Å². The minimum absolute atomic E-state index is 0.101. The van der Waals surface area contributed by atoms with Gasteiger partial charge in [-0.3, -0.25) is 4.79 Å². The summed E-state index contributed by atoms with van der Waals surface area (Å²) in [5.74, 6) is -2.09. The summed E-state index contributed by atoms with van der Waals surface area (Å²) in [6.07, 6.45) is -4.59. The SMILES string of the molecule is O=C(Nc1ccc(F)cc1)c1ccc2nc(C(F)(F)F)[nH]c2c1. The molecule has 0 unspecified atom stereocenters. The molecule has 0 saturated carbocycles. The molecule has 0 radical (unpaired) electrons. The lowest BCUT2D eigenvalue weighted by atomic mass is 10.2. The van der Waals surface area contributed by atoms with Crippen LogP contribution in [0, 0.1) is 5.82 Å². The summed E-state index contributed by atoms with van der Waals surface area (Å²) in [5.41, 5.74) is 0.732. The van der Waals surface area contributed by atoms with Gasteiger partial charge in [0.25, 0.3) is 5.91 Å². The summed E-state index contributed by atoms with van der Waals surface area (Å²) in [6, 6.07) is 9.08. The number of anilines is 1. The van der Waals surface area contributed by atoms with Crippen LogP contribution in [0.4, 0.5) is 23.2 Å². The van der Waals surface area contributed by atoms with Gasteiger partial charge in [-0.2, -0.15) is 13.2 Å². The van der Waals surface area contributed by atoms with Crippen molar-refractivity contribution in [3.8, 4) is 0 Å². The van der Waals surface area contributed by atoms with Gasteiger partial charge in [0, 0.05) is 11.3 Å². The fourth-order valence-electron chi connectivity index (χ4n) is 2.02. The van der Waals surface area contributed by atoms with Crippen molar-refractivity contribution in [1.29, 1.82) is 0 Å². The van der Waals surface area contributed by atoms with Crippen molar-refractivity contribution < 1.29 is 22.4 Å². The average Bonchev–Trinajstić information content (AvgIpc) is 2.92. The maximum atomic E-state index is 12.8. The Morgan fingerprint density at radius 1 is 1.09 bits per heavy atom. The monoisotopic (exact) mass is 323 g/mol. The Morgan fingerprint density at radius 2 is 1.78 bits per heavy atom. The van der Waals surface area contributed by atoms with Crippen LogP contribution in [0.1, 0.15) is 16.2 Å². The van der Waals surface area contributed by atoms with E-state index in [0.29, 0.717) is 5.69 Å².